The van der Waals surface area contributed by atoms with Gasteiger partial charge < -0.3 is 29.6 Å². The number of carbonyl (C=O) groups excluding carboxylic acids is 2. The van der Waals surface area contributed by atoms with Gasteiger partial charge in [-0.3, -0.25) is 4.79 Å². The molecule has 0 spiro atoms. The molecule has 1 aliphatic carbocycles. The van der Waals surface area contributed by atoms with Crippen molar-refractivity contribution in [2.24, 2.45) is 0 Å². The van der Waals surface area contributed by atoms with Crippen LogP contribution in [-0.2, 0) is 25.4 Å². The molecule has 10 nitrogen and oxygen atoms in total. The smallest absolute Gasteiger partial charge is 0.407 e. The fourth-order valence-corrected chi connectivity index (χ4v) is 3.99. The van der Waals surface area contributed by atoms with Crippen molar-refractivity contribution in [2.75, 3.05) is 39.6 Å². The zero-order valence-corrected chi connectivity index (χ0v) is 22.4. The van der Waals surface area contributed by atoms with E-state index in [0.29, 0.717) is 46.0 Å². The third kappa shape index (κ3) is 9.36. The second-order valence-corrected chi connectivity index (χ2v) is 9.82. The Morgan fingerprint density at radius 3 is 2.46 bits per heavy atom. The molecule has 10 heteroatoms. The Labute approximate surface area is 219 Å². The highest BCUT2D eigenvalue weighted by Crippen LogP contribution is 2.31. The van der Waals surface area contributed by atoms with E-state index in [1.807, 2.05) is 62.8 Å². The van der Waals surface area contributed by atoms with E-state index in [9.17, 15) is 9.59 Å². The van der Waals surface area contributed by atoms with Crippen molar-refractivity contribution in [3.05, 3.63) is 41.7 Å². The van der Waals surface area contributed by atoms with Gasteiger partial charge in [0.05, 0.1) is 44.4 Å². The lowest BCUT2D eigenvalue weighted by atomic mass is 9.92. The summed E-state index contributed by atoms with van der Waals surface area (Å²) < 4.78 is 23.8. The summed E-state index contributed by atoms with van der Waals surface area (Å²) in [5.74, 6) is 0.821. The van der Waals surface area contributed by atoms with Crippen LogP contribution in [-0.4, -0.2) is 67.0 Å². The number of carbonyl (C=O) groups is 2. The Morgan fingerprint density at radius 2 is 1.76 bits per heavy atom. The maximum Gasteiger partial charge on any atom is 0.407 e. The van der Waals surface area contributed by atoms with Crippen molar-refractivity contribution >= 4 is 12.0 Å². The molecule has 0 fully saturated rings. The first-order valence-corrected chi connectivity index (χ1v) is 13.0. The van der Waals surface area contributed by atoms with Gasteiger partial charge in [0.1, 0.15) is 18.0 Å². The Balaban J connectivity index is 1.31. The number of nitrogens with zero attached hydrogens (tertiary/aromatic N) is 2. The van der Waals surface area contributed by atoms with E-state index >= 15 is 0 Å². The predicted molar refractivity (Wildman–Crippen MR) is 139 cm³/mol. The van der Waals surface area contributed by atoms with E-state index in [1.54, 1.807) is 0 Å². The molecule has 204 valence electrons. The second kappa shape index (κ2) is 14.0. The van der Waals surface area contributed by atoms with Crippen LogP contribution < -0.4 is 15.4 Å². The molecule has 2 N–H and O–H groups in total. The monoisotopic (exact) mass is 516 g/mol. The van der Waals surface area contributed by atoms with Crippen LogP contribution in [0.2, 0.25) is 0 Å². The van der Waals surface area contributed by atoms with Crippen molar-refractivity contribution in [1.82, 2.24) is 20.4 Å². The number of ether oxygens (including phenoxy) is 4. The number of nitrogens with one attached hydrogen (secondary N) is 2. The summed E-state index contributed by atoms with van der Waals surface area (Å²) in [5.41, 5.74) is 2.71. The highest BCUT2D eigenvalue weighted by atomic mass is 16.6. The fourth-order valence-electron chi connectivity index (χ4n) is 3.99. The van der Waals surface area contributed by atoms with Gasteiger partial charge >= 0.3 is 6.09 Å². The molecule has 2 aromatic rings. The second-order valence-electron chi connectivity index (χ2n) is 9.82. The maximum absolute atomic E-state index is 11.9. The molecular weight excluding hydrogens is 476 g/mol. The number of rotatable bonds is 13. The molecule has 1 heterocycles. The first-order valence-electron chi connectivity index (χ1n) is 13.0. The fraction of sp³-hybridized carbons (Fsp3) is 0.593. The van der Waals surface area contributed by atoms with E-state index in [0.717, 1.165) is 42.0 Å². The molecular formula is C27H40N4O6. The van der Waals surface area contributed by atoms with E-state index in [2.05, 4.69) is 15.7 Å². The molecule has 1 aromatic carbocycles. The molecule has 1 unspecified atom stereocenters. The minimum atomic E-state index is -0.512. The third-order valence-corrected chi connectivity index (χ3v) is 5.70. The standard InChI is InChI=1S/C27H40N4O6/c1-5-25(32)30-23-7-6-8-24-22(23)19-29-31(24)20-9-11-21(12-10-20)36-18-17-35-16-15-34-14-13-28-26(33)37-27(2,3)4/h9-12,19,23H,5-8,13-18H2,1-4H3,(H,28,33)(H,30,32). The lowest BCUT2D eigenvalue weighted by Gasteiger charge is -2.24. The minimum Gasteiger partial charge on any atom is -0.491 e. The Hall–Kier alpha value is -3.11. The summed E-state index contributed by atoms with van der Waals surface area (Å²) in [5, 5.41) is 10.3. The molecule has 0 aliphatic heterocycles. The van der Waals surface area contributed by atoms with Crippen LogP contribution in [0.5, 0.6) is 5.75 Å². The lowest BCUT2D eigenvalue weighted by Crippen LogP contribution is -2.34. The van der Waals surface area contributed by atoms with Crippen molar-refractivity contribution in [1.29, 1.82) is 0 Å². The predicted octanol–water partition coefficient (Wildman–Crippen LogP) is 3.71. The SMILES string of the molecule is CCC(=O)NC1CCCc2c1cnn2-c1ccc(OCCOCCOCCNC(=O)OC(C)(C)C)cc1. The Bertz CT molecular complexity index is 999. The lowest BCUT2D eigenvalue weighted by molar-refractivity contribution is -0.121. The number of aromatic nitrogens is 2. The van der Waals surface area contributed by atoms with Crippen LogP contribution in [0.25, 0.3) is 5.69 Å². The summed E-state index contributed by atoms with van der Waals surface area (Å²) in [6.07, 6.45) is 4.80. The van der Waals surface area contributed by atoms with Gasteiger partial charge in [0, 0.05) is 24.2 Å². The quantitative estimate of drug-likeness (QED) is 0.390. The number of hydrogen-bond donors (Lipinski definition) is 2. The molecule has 0 radical (unpaired) electrons. The number of benzene rings is 1. The summed E-state index contributed by atoms with van der Waals surface area (Å²) in [6, 6.07) is 7.84. The van der Waals surface area contributed by atoms with Crippen LogP contribution >= 0.6 is 0 Å². The molecule has 37 heavy (non-hydrogen) atoms. The van der Waals surface area contributed by atoms with Crippen molar-refractivity contribution in [3.63, 3.8) is 0 Å². The normalized spacial score (nSPS) is 15.1. The van der Waals surface area contributed by atoms with E-state index in [4.69, 9.17) is 18.9 Å². The Morgan fingerprint density at radius 1 is 1.05 bits per heavy atom. The number of hydrogen-bond acceptors (Lipinski definition) is 7. The van der Waals surface area contributed by atoms with Crippen LogP contribution in [0.3, 0.4) is 0 Å². The first kappa shape index (κ1) is 28.5. The van der Waals surface area contributed by atoms with E-state index in [-0.39, 0.29) is 11.9 Å². The van der Waals surface area contributed by atoms with Gasteiger partial charge in [-0.25, -0.2) is 9.48 Å². The molecule has 0 saturated heterocycles. The van der Waals surface area contributed by atoms with Crippen LogP contribution in [0.1, 0.15) is 64.3 Å². The summed E-state index contributed by atoms with van der Waals surface area (Å²) in [4.78, 5) is 23.4. The summed E-state index contributed by atoms with van der Waals surface area (Å²) in [7, 11) is 0. The van der Waals surface area contributed by atoms with Crippen molar-refractivity contribution in [2.45, 2.75) is 65.0 Å². The van der Waals surface area contributed by atoms with Crippen LogP contribution in [0.4, 0.5) is 4.79 Å². The first-order chi connectivity index (χ1) is 17.8. The van der Waals surface area contributed by atoms with Gasteiger partial charge in [-0.2, -0.15) is 5.10 Å². The molecule has 0 saturated carbocycles. The van der Waals surface area contributed by atoms with Gasteiger partial charge in [-0.15, -0.1) is 0 Å². The number of alkyl carbamates (subject to hydrolysis) is 1. The van der Waals surface area contributed by atoms with Gasteiger partial charge in [0.2, 0.25) is 5.91 Å². The van der Waals surface area contributed by atoms with E-state index in [1.165, 1.54) is 0 Å². The zero-order chi connectivity index (χ0) is 26.7. The molecule has 1 atom stereocenters. The Kier molecular flexibility index (Phi) is 10.8. The van der Waals surface area contributed by atoms with Crippen LogP contribution in [0, 0.1) is 0 Å². The van der Waals surface area contributed by atoms with Gasteiger partial charge in [0.15, 0.2) is 0 Å². The van der Waals surface area contributed by atoms with E-state index < -0.39 is 11.7 Å². The molecule has 1 aliphatic rings. The average molecular weight is 517 g/mol. The minimum absolute atomic E-state index is 0.0341. The average Bonchev–Trinajstić information content (AvgIpc) is 3.29. The highest BCUT2D eigenvalue weighted by molar-refractivity contribution is 5.76. The maximum atomic E-state index is 11.9. The van der Waals surface area contributed by atoms with Gasteiger partial charge in [-0.05, 0) is 64.3 Å². The third-order valence-electron chi connectivity index (χ3n) is 5.70. The number of fused-ring (bicyclic) bond motifs is 1. The number of amides is 2. The van der Waals surface area contributed by atoms with Crippen molar-refractivity contribution < 1.29 is 28.5 Å². The zero-order valence-electron chi connectivity index (χ0n) is 22.4. The largest absolute Gasteiger partial charge is 0.491 e. The summed E-state index contributed by atoms with van der Waals surface area (Å²) in [6.45, 7) is 9.83. The van der Waals surface area contributed by atoms with Crippen molar-refractivity contribution in [3.8, 4) is 11.4 Å². The van der Waals surface area contributed by atoms with Crippen LogP contribution in [0.15, 0.2) is 30.5 Å². The topological polar surface area (TPSA) is 113 Å². The molecule has 0 bridgehead atoms. The molecule has 1 aromatic heterocycles. The summed E-state index contributed by atoms with van der Waals surface area (Å²) >= 11 is 0. The molecule has 3 rings (SSSR count). The van der Waals surface area contributed by atoms with Gasteiger partial charge in [0.25, 0.3) is 0 Å². The van der Waals surface area contributed by atoms with Gasteiger partial charge in [-0.1, -0.05) is 6.92 Å². The highest BCUT2D eigenvalue weighted by Gasteiger charge is 2.25. The molecule has 2 amide bonds.